The standard InChI is InChI=1S/C14H28N2O2S/c1-12-5-4-6-14(11-12)16-19(17,18)10-3-2-9-15-13-7-8-13/h12-16H,2-11H2,1H3. The van der Waals surface area contributed by atoms with Crippen molar-refractivity contribution in [3.63, 3.8) is 0 Å². The maximum Gasteiger partial charge on any atom is 0.211 e. The smallest absolute Gasteiger partial charge is 0.211 e. The molecule has 0 saturated heterocycles. The van der Waals surface area contributed by atoms with E-state index in [1.165, 1.54) is 19.3 Å². The van der Waals surface area contributed by atoms with Crippen molar-refractivity contribution in [2.75, 3.05) is 12.3 Å². The topological polar surface area (TPSA) is 58.2 Å². The molecule has 2 aliphatic rings. The van der Waals surface area contributed by atoms with E-state index in [-0.39, 0.29) is 11.8 Å². The van der Waals surface area contributed by atoms with Crippen LogP contribution in [-0.4, -0.2) is 32.8 Å². The Hall–Kier alpha value is -0.130. The van der Waals surface area contributed by atoms with Gasteiger partial charge in [-0.3, -0.25) is 0 Å². The highest BCUT2D eigenvalue weighted by Gasteiger charge is 2.23. The predicted octanol–water partition coefficient (Wildman–Crippen LogP) is 2.02. The molecule has 0 aromatic rings. The van der Waals surface area contributed by atoms with Crippen molar-refractivity contribution in [2.24, 2.45) is 5.92 Å². The maximum atomic E-state index is 12.0. The highest BCUT2D eigenvalue weighted by atomic mass is 32.2. The molecule has 0 heterocycles. The van der Waals surface area contributed by atoms with Crippen LogP contribution in [0.1, 0.15) is 58.3 Å². The summed E-state index contributed by atoms with van der Waals surface area (Å²) in [5.74, 6) is 0.939. The first-order valence-corrected chi connectivity index (χ1v) is 9.44. The first kappa shape index (κ1) is 15.3. The fourth-order valence-corrected chi connectivity index (χ4v) is 4.29. The van der Waals surface area contributed by atoms with Gasteiger partial charge in [0.15, 0.2) is 0 Å². The Kier molecular flexibility index (Phi) is 5.66. The number of sulfonamides is 1. The van der Waals surface area contributed by atoms with Gasteiger partial charge in [-0.25, -0.2) is 13.1 Å². The third-order valence-electron chi connectivity index (χ3n) is 4.13. The molecule has 2 unspecified atom stereocenters. The summed E-state index contributed by atoms with van der Waals surface area (Å²) < 4.78 is 26.9. The van der Waals surface area contributed by atoms with Crippen LogP contribution in [-0.2, 0) is 10.0 Å². The molecule has 0 spiro atoms. The molecule has 2 aliphatic carbocycles. The Balaban J connectivity index is 1.60. The zero-order chi connectivity index (χ0) is 13.7. The summed E-state index contributed by atoms with van der Waals surface area (Å²) in [6, 6.07) is 0.900. The fourth-order valence-electron chi connectivity index (χ4n) is 2.86. The SMILES string of the molecule is CC1CCCC(NS(=O)(=O)CCCCNC2CC2)C1. The van der Waals surface area contributed by atoms with Gasteiger partial charge < -0.3 is 5.32 Å². The molecular weight excluding hydrogens is 260 g/mol. The van der Waals surface area contributed by atoms with Crippen LogP contribution in [0, 0.1) is 5.92 Å². The molecule has 2 fully saturated rings. The highest BCUT2D eigenvalue weighted by molar-refractivity contribution is 7.89. The van der Waals surface area contributed by atoms with E-state index in [0.717, 1.165) is 44.7 Å². The van der Waals surface area contributed by atoms with Crippen LogP contribution in [0.25, 0.3) is 0 Å². The molecule has 4 nitrogen and oxygen atoms in total. The molecule has 0 bridgehead atoms. The fraction of sp³-hybridized carbons (Fsp3) is 1.00. The summed E-state index contributed by atoms with van der Waals surface area (Å²) in [7, 11) is -3.07. The Morgan fingerprint density at radius 1 is 1.05 bits per heavy atom. The molecule has 19 heavy (non-hydrogen) atoms. The number of unbranched alkanes of at least 4 members (excludes halogenated alkanes) is 1. The van der Waals surface area contributed by atoms with E-state index in [2.05, 4.69) is 17.0 Å². The van der Waals surface area contributed by atoms with E-state index in [1.54, 1.807) is 0 Å². The normalized spacial score (nSPS) is 28.5. The van der Waals surface area contributed by atoms with Gasteiger partial charge in [0, 0.05) is 12.1 Å². The van der Waals surface area contributed by atoms with Gasteiger partial charge in [-0.1, -0.05) is 19.8 Å². The van der Waals surface area contributed by atoms with Crippen molar-refractivity contribution in [1.82, 2.24) is 10.0 Å². The van der Waals surface area contributed by atoms with Crippen LogP contribution in [0.4, 0.5) is 0 Å². The largest absolute Gasteiger partial charge is 0.314 e. The second-order valence-corrected chi connectivity index (χ2v) is 8.21. The van der Waals surface area contributed by atoms with Gasteiger partial charge in [0.05, 0.1) is 5.75 Å². The van der Waals surface area contributed by atoms with E-state index in [9.17, 15) is 8.42 Å². The van der Waals surface area contributed by atoms with Crippen molar-refractivity contribution in [3.8, 4) is 0 Å². The summed E-state index contributed by atoms with van der Waals surface area (Å²) in [5.41, 5.74) is 0. The third-order valence-corrected chi connectivity index (χ3v) is 5.65. The lowest BCUT2D eigenvalue weighted by atomic mass is 9.88. The molecule has 0 aromatic heterocycles. The van der Waals surface area contributed by atoms with Crippen molar-refractivity contribution in [2.45, 2.75) is 70.4 Å². The van der Waals surface area contributed by atoms with Crippen LogP contribution in [0.2, 0.25) is 0 Å². The molecule has 5 heteroatoms. The first-order chi connectivity index (χ1) is 9.05. The van der Waals surface area contributed by atoms with Gasteiger partial charge in [-0.15, -0.1) is 0 Å². The van der Waals surface area contributed by atoms with Gasteiger partial charge in [0.1, 0.15) is 0 Å². The van der Waals surface area contributed by atoms with E-state index in [4.69, 9.17) is 0 Å². The molecule has 2 atom stereocenters. The van der Waals surface area contributed by atoms with Crippen LogP contribution in [0.5, 0.6) is 0 Å². The molecule has 0 aliphatic heterocycles. The van der Waals surface area contributed by atoms with Crippen molar-refractivity contribution >= 4 is 10.0 Å². The van der Waals surface area contributed by atoms with Gasteiger partial charge in [-0.2, -0.15) is 0 Å². The molecular formula is C14H28N2O2S. The van der Waals surface area contributed by atoms with Gasteiger partial charge in [0.2, 0.25) is 10.0 Å². The van der Waals surface area contributed by atoms with E-state index < -0.39 is 10.0 Å². The van der Waals surface area contributed by atoms with E-state index >= 15 is 0 Å². The molecule has 0 radical (unpaired) electrons. The Labute approximate surface area is 117 Å². The molecule has 112 valence electrons. The summed E-state index contributed by atoms with van der Waals surface area (Å²) in [6.07, 6.45) is 8.70. The van der Waals surface area contributed by atoms with E-state index in [0.29, 0.717) is 5.92 Å². The monoisotopic (exact) mass is 288 g/mol. The Bertz CT molecular complexity index is 366. The number of rotatable bonds is 8. The van der Waals surface area contributed by atoms with E-state index in [1.807, 2.05) is 0 Å². The van der Waals surface area contributed by atoms with Gasteiger partial charge in [-0.05, 0) is 51.0 Å². The first-order valence-electron chi connectivity index (χ1n) is 7.78. The zero-order valence-electron chi connectivity index (χ0n) is 12.0. The van der Waals surface area contributed by atoms with Gasteiger partial charge >= 0.3 is 0 Å². The lowest BCUT2D eigenvalue weighted by Crippen LogP contribution is -2.39. The minimum atomic E-state index is -3.07. The van der Waals surface area contributed by atoms with Crippen molar-refractivity contribution in [1.29, 1.82) is 0 Å². The highest BCUT2D eigenvalue weighted by Crippen LogP contribution is 2.24. The second-order valence-electron chi connectivity index (χ2n) is 6.34. The van der Waals surface area contributed by atoms with Crippen molar-refractivity contribution in [3.05, 3.63) is 0 Å². The lowest BCUT2D eigenvalue weighted by molar-refractivity contribution is 0.327. The minimum absolute atomic E-state index is 0.179. The second kappa shape index (κ2) is 7.04. The summed E-state index contributed by atoms with van der Waals surface area (Å²) in [6.45, 7) is 3.17. The van der Waals surface area contributed by atoms with Crippen molar-refractivity contribution < 1.29 is 8.42 Å². The number of nitrogens with one attached hydrogen (secondary N) is 2. The quantitative estimate of drug-likeness (QED) is 0.672. The third kappa shape index (κ3) is 6.23. The van der Waals surface area contributed by atoms with Crippen LogP contribution >= 0.6 is 0 Å². The average Bonchev–Trinajstić information content (AvgIpc) is 3.11. The number of hydrogen-bond acceptors (Lipinski definition) is 3. The summed E-state index contributed by atoms with van der Waals surface area (Å²) in [5, 5.41) is 3.41. The average molecular weight is 288 g/mol. The lowest BCUT2D eigenvalue weighted by Gasteiger charge is -2.27. The number of hydrogen-bond donors (Lipinski definition) is 2. The van der Waals surface area contributed by atoms with Crippen LogP contribution < -0.4 is 10.0 Å². The van der Waals surface area contributed by atoms with Crippen LogP contribution in [0.3, 0.4) is 0 Å². The summed E-state index contributed by atoms with van der Waals surface area (Å²) in [4.78, 5) is 0. The summed E-state index contributed by atoms with van der Waals surface area (Å²) >= 11 is 0. The Morgan fingerprint density at radius 2 is 1.84 bits per heavy atom. The maximum absolute atomic E-state index is 12.0. The molecule has 0 amide bonds. The molecule has 2 rings (SSSR count). The van der Waals surface area contributed by atoms with Crippen LogP contribution in [0.15, 0.2) is 0 Å². The van der Waals surface area contributed by atoms with Gasteiger partial charge in [0.25, 0.3) is 0 Å². The molecule has 2 N–H and O–H groups in total. The predicted molar refractivity (Wildman–Crippen MR) is 78.6 cm³/mol. The minimum Gasteiger partial charge on any atom is -0.314 e. The Morgan fingerprint density at radius 3 is 2.53 bits per heavy atom. The molecule has 2 saturated carbocycles. The molecule has 0 aromatic carbocycles. The zero-order valence-corrected chi connectivity index (χ0v) is 12.8.